The third-order valence-electron chi connectivity index (χ3n) is 4.45. The molecule has 2 aromatic rings. The maximum atomic E-state index is 12.5. The van der Waals surface area contributed by atoms with Crippen molar-refractivity contribution in [2.75, 3.05) is 12.4 Å². The van der Waals surface area contributed by atoms with Crippen molar-refractivity contribution in [1.82, 2.24) is 10.2 Å². The van der Waals surface area contributed by atoms with Gasteiger partial charge in [0.2, 0.25) is 11.8 Å². The maximum absolute atomic E-state index is 12.5. The molecule has 5 amide bonds. The number of hydrogen-bond acceptors (Lipinski definition) is 5. The molecule has 1 aliphatic heterocycles. The van der Waals surface area contributed by atoms with E-state index in [4.69, 9.17) is 10.5 Å². The third-order valence-corrected chi connectivity index (χ3v) is 4.45. The molecule has 2 aromatic carbocycles. The highest BCUT2D eigenvalue weighted by Gasteiger charge is 2.38. The van der Waals surface area contributed by atoms with Crippen molar-refractivity contribution in [3.8, 4) is 5.75 Å². The Balaban J connectivity index is 1.58. The summed E-state index contributed by atoms with van der Waals surface area (Å²) in [5, 5.41) is 5.15. The predicted molar refractivity (Wildman–Crippen MR) is 104 cm³/mol. The van der Waals surface area contributed by atoms with Gasteiger partial charge in [-0.25, -0.2) is 4.79 Å². The first-order valence-electron chi connectivity index (χ1n) is 8.82. The first kappa shape index (κ1) is 19.9. The first-order chi connectivity index (χ1) is 13.9. The predicted octanol–water partition coefficient (Wildman–Crippen LogP) is 1.24. The second kappa shape index (κ2) is 8.42. The second-order valence-corrected chi connectivity index (χ2v) is 6.47. The number of primary amides is 1. The lowest BCUT2D eigenvalue weighted by Gasteiger charge is -2.13. The molecule has 9 nitrogen and oxygen atoms in total. The van der Waals surface area contributed by atoms with Crippen molar-refractivity contribution in [3.63, 3.8) is 0 Å². The number of nitrogens with one attached hydrogen (secondary N) is 2. The van der Waals surface area contributed by atoms with Gasteiger partial charge >= 0.3 is 6.03 Å². The van der Waals surface area contributed by atoms with E-state index in [0.29, 0.717) is 17.0 Å². The molecule has 0 saturated carbocycles. The van der Waals surface area contributed by atoms with E-state index in [9.17, 15) is 19.2 Å². The lowest BCUT2D eigenvalue weighted by molar-refractivity contribution is -0.130. The molecule has 0 aromatic heterocycles. The average Bonchev–Trinajstić information content (AvgIpc) is 2.96. The van der Waals surface area contributed by atoms with Crippen LogP contribution in [0.25, 0.3) is 0 Å². The average molecular weight is 396 g/mol. The van der Waals surface area contributed by atoms with Gasteiger partial charge in [-0.2, -0.15) is 0 Å². The fraction of sp³-hybridized carbons (Fsp3) is 0.200. The van der Waals surface area contributed by atoms with E-state index in [-0.39, 0.29) is 13.0 Å². The number of carbonyl (C=O) groups excluding carboxylic acids is 4. The van der Waals surface area contributed by atoms with Crippen molar-refractivity contribution in [2.24, 2.45) is 5.73 Å². The van der Waals surface area contributed by atoms with E-state index >= 15 is 0 Å². The molecule has 9 heteroatoms. The van der Waals surface area contributed by atoms with Crippen molar-refractivity contribution < 1.29 is 23.9 Å². The Kier molecular flexibility index (Phi) is 5.77. The quantitative estimate of drug-likeness (QED) is 0.606. The number of benzene rings is 2. The molecular formula is C20H20N4O5. The fourth-order valence-corrected chi connectivity index (χ4v) is 2.89. The number of anilines is 1. The van der Waals surface area contributed by atoms with Crippen LogP contribution in [0.4, 0.5) is 10.5 Å². The highest BCUT2D eigenvalue weighted by atomic mass is 16.5. The minimum absolute atomic E-state index is 0.0986. The summed E-state index contributed by atoms with van der Waals surface area (Å²) in [5.74, 6) is -0.810. The minimum Gasteiger partial charge on any atom is -0.497 e. The Bertz CT molecular complexity index is 940. The van der Waals surface area contributed by atoms with Crippen LogP contribution in [0.15, 0.2) is 48.5 Å². The van der Waals surface area contributed by atoms with Gasteiger partial charge in [0.1, 0.15) is 11.8 Å². The lowest BCUT2D eigenvalue weighted by Crippen LogP contribution is -2.34. The lowest BCUT2D eigenvalue weighted by atomic mass is 10.1. The van der Waals surface area contributed by atoms with Gasteiger partial charge in [-0.1, -0.05) is 12.1 Å². The molecule has 29 heavy (non-hydrogen) atoms. The Hall–Kier alpha value is -3.88. The molecular weight excluding hydrogens is 376 g/mol. The summed E-state index contributed by atoms with van der Waals surface area (Å²) in [6, 6.07) is 11.5. The number of carbonyl (C=O) groups is 4. The number of hydrogen-bond donors (Lipinski definition) is 3. The van der Waals surface area contributed by atoms with E-state index in [1.807, 2.05) is 0 Å². The zero-order chi connectivity index (χ0) is 21.0. The number of nitrogens with zero attached hydrogens (tertiary/aromatic N) is 1. The molecule has 1 atom stereocenters. The molecule has 1 aliphatic rings. The van der Waals surface area contributed by atoms with Gasteiger partial charge in [0, 0.05) is 11.3 Å². The van der Waals surface area contributed by atoms with Gasteiger partial charge in [0.25, 0.3) is 5.91 Å². The van der Waals surface area contributed by atoms with Crippen LogP contribution in [0.3, 0.4) is 0 Å². The van der Waals surface area contributed by atoms with Crippen LogP contribution in [-0.2, 0) is 16.1 Å². The van der Waals surface area contributed by atoms with Gasteiger partial charge in [-0.3, -0.25) is 19.3 Å². The molecule has 0 bridgehead atoms. The highest BCUT2D eigenvalue weighted by Crippen LogP contribution is 2.17. The number of amides is 5. The van der Waals surface area contributed by atoms with E-state index in [1.54, 1.807) is 31.4 Å². The molecule has 150 valence electrons. The first-order valence-corrected chi connectivity index (χ1v) is 8.82. The number of ether oxygens (including phenoxy) is 1. The summed E-state index contributed by atoms with van der Waals surface area (Å²) in [6.07, 6.45) is -0.207. The zero-order valence-corrected chi connectivity index (χ0v) is 15.7. The fourth-order valence-electron chi connectivity index (χ4n) is 2.89. The van der Waals surface area contributed by atoms with E-state index in [1.165, 1.54) is 24.3 Å². The van der Waals surface area contributed by atoms with Gasteiger partial charge < -0.3 is 21.1 Å². The Morgan fingerprint density at radius 3 is 2.34 bits per heavy atom. The van der Waals surface area contributed by atoms with Gasteiger partial charge in [-0.05, 0) is 42.0 Å². The SMILES string of the molecule is COc1ccc(CN2C(=O)N[C@H](CC(=O)Nc3ccc(C(N)=O)cc3)C2=O)cc1. The van der Waals surface area contributed by atoms with Crippen molar-refractivity contribution in [1.29, 1.82) is 0 Å². The second-order valence-electron chi connectivity index (χ2n) is 6.47. The summed E-state index contributed by atoms with van der Waals surface area (Å²) >= 11 is 0. The van der Waals surface area contributed by atoms with E-state index < -0.39 is 29.8 Å². The van der Waals surface area contributed by atoms with Crippen LogP contribution in [-0.4, -0.2) is 41.8 Å². The summed E-state index contributed by atoms with van der Waals surface area (Å²) < 4.78 is 5.08. The van der Waals surface area contributed by atoms with Crippen molar-refractivity contribution in [2.45, 2.75) is 19.0 Å². The van der Waals surface area contributed by atoms with Crippen LogP contribution >= 0.6 is 0 Å². The Morgan fingerprint density at radius 1 is 1.10 bits per heavy atom. The van der Waals surface area contributed by atoms with Crippen LogP contribution in [0.1, 0.15) is 22.3 Å². The summed E-state index contributed by atoms with van der Waals surface area (Å²) in [5.41, 5.74) is 6.69. The third kappa shape index (κ3) is 4.70. The molecule has 1 saturated heterocycles. The number of methoxy groups -OCH3 is 1. The smallest absolute Gasteiger partial charge is 0.325 e. The van der Waals surface area contributed by atoms with E-state index in [2.05, 4.69) is 10.6 Å². The van der Waals surface area contributed by atoms with Gasteiger partial charge in [0.05, 0.1) is 20.1 Å². The Morgan fingerprint density at radius 2 is 1.76 bits per heavy atom. The maximum Gasteiger partial charge on any atom is 0.325 e. The van der Waals surface area contributed by atoms with Gasteiger partial charge in [0.15, 0.2) is 0 Å². The van der Waals surface area contributed by atoms with E-state index in [0.717, 1.165) is 10.5 Å². The largest absolute Gasteiger partial charge is 0.497 e. The summed E-state index contributed by atoms with van der Waals surface area (Å²) in [4.78, 5) is 49.1. The molecule has 4 N–H and O–H groups in total. The standard InChI is InChI=1S/C20H20N4O5/c1-29-15-8-2-12(3-9-15)11-24-19(27)16(23-20(24)28)10-17(25)22-14-6-4-13(5-7-14)18(21)26/h2-9,16H,10-11H2,1H3,(H2,21,26)(H,22,25)(H,23,28)/t16-/m1/s1. The molecule has 1 fully saturated rings. The molecule has 3 rings (SSSR count). The molecule has 1 heterocycles. The van der Waals surface area contributed by atoms with Crippen LogP contribution in [0.2, 0.25) is 0 Å². The summed E-state index contributed by atoms with van der Waals surface area (Å²) in [6.45, 7) is 0.0986. The number of rotatable bonds is 7. The minimum atomic E-state index is -0.939. The van der Waals surface area contributed by atoms with Crippen LogP contribution in [0.5, 0.6) is 5.75 Å². The highest BCUT2D eigenvalue weighted by molar-refractivity contribution is 6.07. The number of imide groups is 1. The number of urea groups is 1. The van der Waals surface area contributed by atoms with Crippen LogP contribution in [0, 0.1) is 0 Å². The molecule has 0 spiro atoms. The zero-order valence-electron chi connectivity index (χ0n) is 15.7. The van der Waals surface area contributed by atoms with Crippen LogP contribution < -0.4 is 21.1 Å². The van der Waals surface area contributed by atoms with Gasteiger partial charge in [-0.15, -0.1) is 0 Å². The Labute approximate surface area is 166 Å². The molecule has 0 unspecified atom stereocenters. The number of nitrogens with two attached hydrogens (primary N) is 1. The molecule has 0 aliphatic carbocycles. The summed E-state index contributed by atoms with van der Waals surface area (Å²) in [7, 11) is 1.55. The van der Waals surface area contributed by atoms with Crippen molar-refractivity contribution in [3.05, 3.63) is 59.7 Å². The monoisotopic (exact) mass is 396 g/mol. The normalized spacial score (nSPS) is 15.8. The van der Waals surface area contributed by atoms with Crippen molar-refractivity contribution >= 4 is 29.4 Å². The molecule has 0 radical (unpaired) electrons. The topological polar surface area (TPSA) is 131 Å².